The highest BCUT2D eigenvalue weighted by atomic mass is 35.5. The molecule has 1 atom stereocenters. The molecular formula is C23H30Cl2N2O3S. The molecule has 1 N–H and O–H groups in total. The molecule has 2 aromatic rings. The van der Waals surface area contributed by atoms with Crippen LogP contribution in [0.5, 0.6) is 0 Å². The summed E-state index contributed by atoms with van der Waals surface area (Å²) in [7, 11) is -3.63. The van der Waals surface area contributed by atoms with Crippen molar-refractivity contribution in [3.63, 3.8) is 0 Å². The summed E-state index contributed by atoms with van der Waals surface area (Å²) in [4.78, 5) is 12.5. The van der Waals surface area contributed by atoms with Gasteiger partial charge in [0.25, 0.3) is 5.91 Å². The highest BCUT2D eigenvalue weighted by molar-refractivity contribution is 7.92. The van der Waals surface area contributed by atoms with Gasteiger partial charge < -0.3 is 5.32 Å². The van der Waals surface area contributed by atoms with E-state index < -0.39 is 10.0 Å². The second-order valence-electron chi connectivity index (χ2n) is 7.66. The van der Waals surface area contributed by atoms with Crippen molar-refractivity contribution in [2.45, 2.75) is 46.1 Å². The summed E-state index contributed by atoms with van der Waals surface area (Å²) in [5.41, 5.74) is 1.50. The normalized spacial score (nSPS) is 12.4. The van der Waals surface area contributed by atoms with Gasteiger partial charge in [0, 0.05) is 12.1 Å². The smallest absolute Gasteiger partial charge is 0.251 e. The average Bonchev–Trinajstić information content (AvgIpc) is 2.72. The van der Waals surface area contributed by atoms with Gasteiger partial charge in [0.1, 0.15) is 0 Å². The van der Waals surface area contributed by atoms with Gasteiger partial charge >= 0.3 is 0 Å². The van der Waals surface area contributed by atoms with Crippen LogP contribution < -0.4 is 9.62 Å². The van der Waals surface area contributed by atoms with E-state index in [4.69, 9.17) is 23.2 Å². The van der Waals surface area contributed by atoms with Gasteiger partial charge in [0.2, 0.25) is 10.0 Å². The highest BCUT2D eigenvalue weighted by Gasteiger charge is 2.23. The van der Waals surface area contributed by atoms with E-state index >= 15 is 0 Å². The highest BCUT2D eigenvalue weighted by Crippen LogP contribution is 2.35. The van der Waals surface area contributed by atoms with Gasteiger partial charge in [-0.3, -0.25) is 9.10 Å². The Hall–Kier alpha value is -1.76. The lowest BCUT2D eigenvalue weighted by atomic mass is 9.99. The lowest BCUT2D eigenvalue weighted by Gasteiger charge is -2.24. The van der Waals surface area contributed by atoms with Crippen molar-refractivity contribution >= 4 is 44.8 Å². The van der Waals surface area contributed by atoms with Crippen molar-refractivity contribution in [3.05, 3.63) is 63.6 Å². The van der Waals surface area contributed by atoms with Crippen LogP contribution in [-0.2, 0) is 16.6 Å². The molecule has 0 heterocycles. The van der Waals surface area contributed by atoms with Gasteiger partial charge in [-0.15, -0.1) is 0 Å². The summed E-state index contributed by atoms with van der Waals surface area (Å²) in [6.45, 7) is 5.01. The second kappa shape index (κ2) is 11.7. The number of sulfonamides is 1. The number of nitrogens with zero attached hydrogens (tertiary/aromatic N) is 1. The Bertz CT molecular complexity index is 959. The molecule has 2 aromatic carbocycles. The summed E-state index contributed by atoms with van der Waals surface area (Å²) in [6, 6.07) is 11.7. The minimum atomic E-state index is -3.63. The van der Waals surface area contributed by atoms with E-state index in [-0.39, 0.29) is 28.2 Å². The van der Waals surface area contributed by atoms with Crippen LogP contribution in [-0.4, -0.2) is 27.1 Å². The van der Waals surface area contributed by atoms with E-state index in [1.165, 1.54) is 4.31 Å². The molecule has 170 valence electrons. The second-order valence-corrected chi connectivity index (χ2v) is 10.4. The predicted molar refractivity (Wildman–Crippen MR) is 130 cm³/mol. The topological polar surface area (TPSA) is 66.5 Å². The SMILES string of the molecule is CCCC[C@H](CC)CNC(=O)c1ccc(CN(c2c(Cl)cccc2Cl)S(C)(=O)=O)cc1. The molecule has 0 fully saturated rings. The number of unbranched alkanes of at least 4 members (excludes halogenated alkanes) is 1. The molecule has 31 heavy (non-hydrogen) atoms. The molecule has 5 nitrogen and oxygen atoms in total. The van der Waals surface area contributed by atoms with Gasteiger partial charge in [-0.2, -0.15) is 0 Å². The molecule has 0 unspecified atom stereocenters. The van der Waals surface area contributed by atoms with E-state index in [0.717, 1.165) is 31.9 Å². The van der Waals surface area contributed by atoms with Crippen LogP contribution in [0.4, 0.5) is 5.69 Å². The van der Waals surface area contributed by atoms with Crippen LogP contribution in [0.15, 0.2) is 42.5 Å². The summed E-state index contributed by atoms with van der Waals surface area (Å²) in [6.07, 6.45) is 5.56. The van der Waals surface area contributed by atoms with Crippen LogP contribution in [0, 0.1) is 5.92 Å². The average molecular weight is 485 g/mol. The van der Waals surface area contributed by atoms with E-state index in [1.54, 1.807) is 42.5 Å². The maximum absolute atomic E-state index is 12.5. The molecule has 0 aromatic heterocycles. The zero-order valence-corrected chi connectivity index (χ0v) is 20.5. The Morgan fingerprint density at radius 1 is 1.06 bits per heavy atom. The Kier molecular flexibility index (Phi) is 9.66. The molecule has 0 saturated carbocycles. The van der Waals surface area contributed by atoms with E-state index in [9.17, 15) is 13.2 Å². The fourth-order valence-electron chi connectivity index (χ4n) is 3.30. The third-order valence-corrected chi connectivity index (χ3v) is 6.95. The first-order valence-electron chi connectivity index (χ1n) is 10.5. The van der Waals surface area contributed by atoms with Gasteiger partial charge in [-0.1, -0.05) is 74.5 Å². The molecule has 0 aliphatic carbocycles. The Labute approximate surface area is 195 Å². The number of rotatable bonds is 11. The molecule has 0 saturated heterocycles. The molecule has 2 rings (SSSR count). The minimum absolute atomic E-state index is 0.0547. The number of para-hydroxylation sites is 1. The van der Waals surface area contributed by atoms with E-state index in [1.807, 2.05) is 0 Å². The van der Waals surface area contributed by atoms with Gasteiger partial charge in [-0.25, -0.2) is 8.42 Å². The number of hydrogen-bond donors (Lipinski definition) is 1. The molecule has 1 amide bonds. The molecule has 0 spiro atoms. The zero-order valence-electron chi connectivity index (χ0n) is 18.2. The van der Waals surface area contributed by atoms with Crippen LogP contribution in [0.25, 0.3) is 0 Å². The maximum atomic E-state index is 12.5. The van der Waals surface area contributed by atoms with Gasteiger partial charge in [0.05, 0.1) is 28.5 Å². The fraction of sp³-hybridized carbons (Fsp3) is 0.435. The standard InChI is InChI=1S/C23H30Cl2N2O3S/c1-4-6-8-17(5-2)15-26-23(28)19-13-11-18(12-14-19)16-27(31(3,29)30)22-20(24)9-7-10-21(22)25/h7,9-14,17H,4-6,8,15-16H2,1-3H3,(H,26,28)/t17-/m0/s1. The molecular weight excluding hydrogens is 455 g/mol. The van der Waals surface area contributed by atoms with Crippen LogP contribution in [0.3, 0.4) is 0 Å². The number of carbonyl (C=O) groups is 1. The third-order valence-electron chi connectivity index (χ3n) is 5.22. The van der Waals surface area contributed by atoms with Crippen LogP contribution in [0.1, 0.15) is 55.5 Å². The quantitative estimate of drug-likeness (QED) is 0.431. The van der Waals surface area contributed by atoms with Crippen molar-refractivity contribution in [3.8, 4) is 0 Å². The number of benzene rings is 2. The molecule has 0 aliphatic heterocycles. The Morgan fingerprint density at radius 2 is 1.68 bits per heavy atom. The van der Waals surface area contributed by atoms with Crippen molar-refractivity contribution in [2.24, 2.45) is 5.92 Å². The first-order chi connectivity index (χ1) is 14.7. The molecule has 0 bridgehead atoms. The van der Waals surface area contributed by atoms with Crippen molar-refractivity contribution in [1.82, 2.24) is 5.32 Å². The number of amides is 1. The van der Waals surface area contributed by atoms with Gasteiger partial charge in [-0.05, 0) is 42.2 Å². The van der Waals surface area contributed by atoms with Gasteiger partial charge in [0.15, 0.2) is 0 Å². The van der Waals surface area contributed by atoms with Crippen molar-refractivity contribution < 1.29 is 13.2 Å². The van der Waals surface area contributed by atoms with Crippen molar-refractivity contribution in [1.29, 1.82) is 0 Å². The van der Waals surface area contributed by atoms with Crippen LogP contribution >= 0.6 is 23.2 Å². The predicted octanol–water partition coefficient (Wildman–Crippen LogP) is 5.91. The molecule has 0 aliphatic rings. The summed E-state index contributed by atoms with van der Waals surface area (Å²) in [5, 5.41) is 3.51. The van der Waals surface area contributed by atoms with E-state index in [0.29, 0.717) is 23.6 Å². The summed E-state index contributed by atoms with van der Waals surface area (Å²) < 4.78 is 26.0. The zero-order chi connectivity index (χ0) is 23.0. The van der Waals surface area contributed by atoms with E-state index in [2.05, 4.69) is 19.2 Å². The lowest BCUT2D eigenvalue weighted by Crippen LogP contribution is -2.30. The number of anilines is 1. The lowest BCUT2D eigenvalue weighted by molar-refractivity contribution is 0.0946. The summed E-state index contributed by atoms with van der Waals surface area (Å²) in [5.74, 6) is 0.350. The number of nitrogens with one attached hydrogen (secondary N) is 1. The first-order valence-corrected chi connectivity index (χ1v) is 13.1. The Balaban J connectivity index is 2.12. The minimum Gasteiger partial charge on any atom is -0.352 e. The maximum Gasteiger partial charge on any atom is 0.251 e. The molecule has 8 heteroatoms. The largest absolute Gasteiger partial charge is 0.352 e. The van der Waals surface area contributed by atoms with Crippen LogP contribution in [0.2, 0.25) is 10.0 Å². The molecule has 0 radical (unpaired) electrons. The Morgan fingerprint density at radius 3 is 2.19 bits per heavy atom. The van der Waals surface area contributed by atoms with Crippen molar-refractivity contribution in [2.75, 3.05) is 17.1 Å². The fourth-order valence-corrected chi connectivity index (χ4v) is 4.91. The number of hydrogen-bond acceptors (Lipinski definition) is 3. The number of carbonyl (C=O) groups excluding carboxylic acids is 1. The first kappa shape index (κ1) is 25.5. The summed E-state index contributed by atoms with van der Waals surface area (Å²) >= 11 is 12.4. The third kappa shape index (κ3) is 7.41. The monoisotopic (exact) mass is 484 g/mol. The number of halogens is 2.